The summed E-state index contributed by atoms with van der Waals surface area (Å²) in [5.41, 5.74) is 0. The maximum Gasteiger partial charge on any atom is 0.330 e. The molecule has 0 saturated carbocycles. The van der Waals surface area contributed by atoms with Crippen LogP contribution in [0.1, 0.15) is 33.6 Å². The molecule has 0 aliphatic rings. The predicted octanol–water partition coefficient (Wildman–Crippen LogP) is 2.23. The molecule has 0 saturated heterocycles. The van der Waals surface area contributed by atoms with Crippen molar-refractivity contribution in [2.24, 2.45) is 0 Å². The van der Waals surface area contributed by atoms with Gasteiger partial charge in [0.05, 0.1) is 6.61 Å². The predicted molar refractivity (Wildman–Crippen MR) is 62.8 cm³/mol. The van der Waals surface area contributed by atoms with Gasteiger partial charge in [-0.1, -0.05) is 19.9 Å². The molecular formula is C12H23NO2. The molecule has 0 aliphatic carbocycles. The van der Waals surface area contributed by atoms with Gasteiger partial charge in [0.2, 0.25) is 0 Å². The smallest absolute Gasteiger partial charge is 0.330 e. The zero-order chi connectivity index (χ0) is 11.5. The van der Waals surface area contributed by atoms with E-state index in [0.29, 0.717) is 6.61 Å². The van der Waals surface area contributed by atoms with Gasteiger partial charge in [-0.05, 0) is 32.9 Å². The first-order valence-electron chi connectivity index (χ1n) is 5.76. The van der Waals surface area contributed by atoms with Crippen molar-refractivity contribution in [1.82, 2.24) is 4.90 Å². The number of ether oxygens (including phenoxy) is 1. The van der Waals surface area contributed by atoms with Crippen LogP contribution in [0, 0.1) is 0 Å². The monoisotopic (exact) mass is 213 g/mol. The maximum absolute atomic E-state index is 11.0. The van der Waals surface area contributed by atoms with Crippen LogP contribution < -0.4 is 0 Å². The van der Waals surface area contributed by atoms with Gasteiger partial charge in [-0.25, -0.2) is 4.79 Å². The molecule has 0 fully saturated rings. The Labute approximate surface area is 93.1 Å². The molecule has 0 atom stereocenters. The van der Waals surface area contributed by atoms with E-state index in [1.807, 2.05) is 0 Å². The second-order valence-electron chi connectivity index (χ2n) is 3.46. The first-order valence-corrected chi connectivity index (χ1v) is 5.76. The molecule has 3 nitrogen and oxygen atoms in total. The number of carbonyl (C=O) groups is 1. The summed E-state index contributed by atoms with van der Waals surface area (Å²) in [6, 6.07) is 0. The number of hydrogen-bond acceptors (Lipinski definition) is 3. The van der Waals surface area contributed by atoms with E-state index in [4.69, 9.17) is 4.74 Å². The summed E-state index contributed by atoms with van der Waals surface area (Å²) in [4.78, 5) is 13.3. The summed E-state index contributed by atoms with van der Waals surface area (Å²) >= 11 is 0. The fourth-order valence-electron chi connectivity index (χ4n) is 1.39. The van der Waals surface area contributed by atoms with Gasteiger partial charge in [-0.2, -0.15) is 0 Å². The number of rotatable bonds is 8. The summed E-state index contributed by atoms with van der Waals surface area (Å²) < 4.78 is 5.00. The molecule has 0 aromatic heterocycles. The quantitative estimate of drug-likeness (QED) is 0.352. The van der Waals surface area contributed by atoms with Crippen molar-refractivity contribution in [3.63, 3.8) is 0 Å². The Morgan fingerprint density at radius 3 is 2.60 bits per heavy atom. The van der Waals surface area contributed by atoms with Crippen molar-refractivity contribution in [2.45, 2.75) is 33.6 Å². The van der Waals surface area contributed by atoms with Gasteiger partial charge in [0.15, 0.2) is 0 Å². The summed E-state index contributed by atoms with van der Waals surface area (Å²) in [6.45, 7) is 9.85. The molecule has 0 amide bonds. The van der Waals surface area contributed by atoms with Gasteiger partial charge in [-0.3, -0.25) is 0 Å². The zero-order valence-electron chi connectivity index (χ0n) is 10.2. The molecule has 88 valence electrons. The lowest BCUT2D eigenvalue weighted by Gasteiger charge is -2.18. The molecule has 0 aromatic rings. The van der Waals surface area contributed by atoms with Gasteiger partial charge in [0.25, 0.3) is 0 Å². The average molecular weight is 213 g/mol. The highest BCUT2D eigenvalue weighted by Gasteiger charge is 2.01. The molecule has 3 heteroatoms. The number of allylic oxidation sites excluding steroid dienone is 1. The highest BCUT2D eigenvalue weighted by atomic mass is 16.5. The molecule has 0 heterocycles. The molecule has 0 bridgehead atoms. The Balaban J connectivity index is 3.47. The standard InChI is InChI=1S/C12H23NO2/c1-4-8-12(14)15-11-7-10-13(6-3)9-5-2/h4,8H,5-7,9-11H2,1-3H3/b8-4-. The molecule has 0 spiro atoms. The van der Waals surface area contributed by atoms with Crippen molar-refractivity contribution in [2.75, 3.05) is 26.2 Å². The van der Waals surface area contributed by atoms with Crippen molar-refractivity contribution >= 4 is 5.97 Å². The second-order valence-corrected chi connectivity index (χ2v) is 3.46. The van der Waals surface area contributed by atoms with E-state index in [2.05, 4.69) is 18.7 Å². The van der Waals surface area contributed by atoms with E-state index < -0.39 is 0 Å². The van der Waals surface area contributed by atoms with Gasteiger partial charge in [0.1, 0.15) is 0 Å². The highest BCUT2D eigenvalue weighted by Crippen LogP contribution is 1.94. The Morgan fingerprint density at radius 1 is 1.33 bits per heavy atom. The van der Waals surface area contributed by atoms with Crippen LogP contribution in [0.3, 0.4) is 0 Å². The Morgan fingerprint density at radius 2 is 2.07 bits per heavy atom. The molecule has 0 radical (unpaired) electrons. The molecule has 0 aliphatic heterocycles. The zero-order valence-corrected chi connectivity index (χ0v) is 10.2. The van der Waals surface area contributed by atoms with Gasteiger partial charge in [-0.15, -0.1) is 0 Å². The molecule has 15 heavy (non-hydrogen) atoms. The Kier molecular flexibility index (Phi) is 9.18. The number of carbonyl (C=O) groups excluding carboxylic acids is 1. The fraction of sp³-hybridized carbons (Fsp3) is 0.750. The van der Waals surface area contributed by atoms with E-state index in [9.17, 15) is 4.79 Å². The van der Waals surface area contributed by atoms with E-state index in [0.717, 1.165) is 26.1 Å². The summed E-state index contributed by atoms with van der Waals surface area (Å²) in [5.74, 6) is -0.240. The summed E-state index contributed by atoms with van der Waals surface area (Å²) in [6.07, 6.45) is 5.23. The van der Waals surface area contributed by atoms with Crippen LogP contribution in [0.25, 0.3) is 0 Å². The molecule has 0 unspecified atom stereocenters. The van der Waals surface area contributed by atoms with E-state index in [-0.39, 0.29) is 5.97 Å². The highest BCUT2D eigenvalue weighted by molar-refractivity contribution is 5.81. The third-order valence-electron chi connectivity index (χ3n) is 2.15. The molecule has 0 N–H and O–H groups in total. The van der Waals surface area contributed by atoms with Crippen molar-refractivity contribution in [3.8, 4) is 0 Å². The lowest BCUT2D eigenvalue weighted by molar-refractivity contribution is -0.137. The second kappa shape index (κ2) is 9.71. The Hall–Kier alpha value is -0.830. The summed E-state index contributed by atoms with van der Waals surface area (Å²) in [7, 11) is 0. The van der Waals surface area contributed by atoms with Crippen LogP contribution in [-0.2, 0) is 9.53 Å². The van der Waals surface area contributed by atoms with E-state index in [1.54, 1.807) is 13.0 Å². The number of hydrogen-bond donors (Lipinski definition) is 0. The van der Waals surface area contributed by atoms with Crippen LogP contribution in [0.4, 0.5) is 0 Å². The van der Waals surface area contributed by atoms with E-state index in [1.165, 1.54) is 12.5 Å². The third kappa shape index (κ3) is 8.18. The van der Waals surface area contributed by atoms with E-state index >= 15 is 0 Å². The normalized spacial score (nSPS) is 11.2. The van der Waals surface area contributed by atoms with Crippen LogP contribution >= 0.6 is 0 Å². The lowest BCUT2D eigenvalue weighted by atomic mass is 10.3. The topological polar surface area (TPSA) is 29.5 Å². The number of esters is 1. The maximum atomic E-state index is 11.0. The average Bonchev–Trinajstić information content (AvgIpc) is 2.23. The van der Waals surface area contributed by atoms with Crippen LogP contribution in [0.5, 0.6) is 0 Å². The van der Waals surface area contributed by atoms with Crippen molar-refractivity contribution < 1.29 is 9.53 Å². The first kappa shape index (κ1) is 14.2. The molecule has 0 rings (SSSR count). The lowest BCUT2D eigenvalue weighted by Crippen LogP contribution is -2.26. The summed E-state index contributed by atoms with van der Waals surface area (Å²) in [5, 5.41) is 0. The van der Waals surface area contributed by atoms with Gasteiger partial charge in [0, 0.05) is 12.6 Å². The third-order valence-corrected chi connectivity index (χ3v) is 2.15. The van der Waals surface area contributed by atoms with Gasteiger partial charge >= 0.3 is 5.97 Å². The first-order chi connectivity index (χ1) is 7.24. The minimum Gasteiger partial charge on any atom is -0.462 e. The minimum absolute atomic E-state index is 0.240. The SMILES string of the molecule is C/C=C\C(=O)OCCCN(CC)CCC. The largest absolute Gasteiger partial charge is 0.462 e. The van der Waals surface area contributed by atoms with Crippen molar-refractivity contribution in [3.05, 3.63) is 12.2 Å². The molecule has 0 aromatic carbocycles. The van der Waals surface area contributed by atoms with Crippen LogP contribution in [-0.4, -0.2) is 37.1 Å². The van der Waals surface area contributed by atoms with Crippen LogP contribution in [0.2, 0.25) is 0 Å². The van der Waals surface area contributed by atoms with Gasteiger partial charge < -0.3 is 9.64 Å². The fourth-order valence-corrected chi connectivity index (χ4v) is 1.39. The molecular weight excluding hydrogens is 190 g/mol. The number of nitrogens with zero attached hydrogens (tertiary/aromatic N) is 1. The Bertz CT molecular complexity index is 190. The van der Waals surface area contributed by atoms with Crippen LogP contribution in [0.15, 0.2) is 12.2 Å². The minimum atomic E-state index is -0.240. The van der Waals surface area contributed by atoms with Crippen molar-refractivity contribution in [1.29, 1.82) is 0 Å².